The van der Waals surface area contributed by atoms with E-state index in [1.165, 1.54) is 38.6 Å². The van der Waals surface area contributed by atoms with Gasteiger partial charge in [0.15, 0.2) is 5.58 Å². The number of fused-ring (bicyclic) bond motifs is 8. The summed E-state index contributed by atoms with van der Waals surface area (Å²) in [6.07, 6.45) is 0. The second kappa shape index (κ2) is 11.5. The molecule has 0 unspecified atom stereocenters. The molecule has 4 heteroatoms. The van der Waals surface area contributed by atoms with Gasteiger partial charge in [-0.3, -0.25) is 0 Å². The summed E-state index contributed by atoms with van der Waals surface area (Å²) in [5.41, 5.74) is 14.7. The lowest BCUT2D eigenvalue weighted by Crippen LogP contribution is -2.16. The molecule has 0 spiro atoms. The first-order valence-corrected chi connectivity index (χ1v) is 18.4. The van der Waals surface area contributed by atoms with Crippen LogP contribution in [-0.2, 0) is 5.41 Å². The molecule has 2 aromatic heterocycles. The fraction of sp³-hybridized carbons (Fsp3) is 0.0600. The van der Waals surface area contributed by atoms with E-state index in [0.29, 0.717) is 5.89 Å². The van der Waals surface area contributed by atoms with Gasteiger partial charge in [0.1, 0.15) is 16.7 Å². The molecule has 10 aromatic rings. The summed E-state index contributed by atoms with van der Waals surface area (Å²) in [4.78, 5) is 7.16. The summed E-state index contributed by atoms with van der Waals surface area (Å²) >= 11 is 0. The lowest BCUT2D eigenvalue weighted by Gasteiger charge is -2.28. The molecule has 0 atom stereocenters. The molecule has 54 heavy (non-hydrogen) atoms. The fourth-order valence-corrected chi connectivity index (χ4v) is 8.50. The van der Waals surface area contributed by atoms with Gasteiger partial charge in [0.2, 0.25) is 5.89 Å². The average Bonchev–Trinajstić information content (AvgIpc) is 3.86. The molecule has 11 rings (SSSR count). The molecule has 0 aliphatic heterocycles. The Bertz CT molecular complexity index is 3100. The quantitative estimate of drug-likeness (QED) is 0.180. The van der Waals surface area contributed by atoms with Gasteiger partial charge in [-0.2, -0.15) is 0 Å². The minimum Gasteiger partial charge on any atom is -0.456 e. The Kier molecular flexibility index (Phi) is 6.56. The summed E-state index contributed by atoms with van der Waals surface area (Å²) in [6.45, 7) is 4.67. The largest absolute Gasteiger partial charge is 0.456 e. The molecule has 4 nitrogen and oxygen atoms in total. The highest BCUT2D eigenvalue weighted by Crippen LogP contribution is 2.51. The van der Waals surface area contributed by atoms with Crippen molar-refractivity contribution in [3.05, 3.63) is 181 Å². The Morgan fingerprint density at radius 3 is 2.06 bits per heavy atom. The number of rotatable bonds is 5. The molecule has 0 saturated carbocycles. The van der Waals surface area contributed by atoms with E-state index in [4.69, 9.17) is 13.8 Å². The van der Waals surface area contributed by atoms with E-state index in [9.17, 15) is 0 Å². The lowest BCUT2D eigenvalue weighted by atomic mass is 9.82. The average molecular weight is 695 g/mol. The van der Waals surface area contributed by atoms with Crippen LogP contribution in [0.2, 0.25) is 0 Å². The smallest absolute Gasteiger partial charge is 0.227 e. The molecule has 0 bridgehead atoms. The second-order valence-electron chi connectivity index (χ2n) is 14.8. The first-order valence-electron chi connectivity index (χ1n) is 18.4. The zero-order valence-corrected chi connectivity index (χ0v) is 29.9. The Morgan fingerprint density at radius 2 is 1.15 bits per heavy atom. The summed E-state index contributed by atoms with van der Waals surface area (Å²) in [6, 6.07) is 60.4. The molecule has 1 aliphatic rings. The molecule has 0 fully saturated rings. The Labute approximate surface area is 312 Å². The van der Waals surface area contributed by atoms with Crippen LogP contribution < -0.4 is 4.90 Å². The summed E-state index contributed by atoms with van der Waals surface area (Å²) in [5, 5.41) is 4.50. The van der Waals surface area contributed by atoms with E-state index in [1.54, 1.807) is 0 Å². The normalized spacial score (nSPS) is 13.1. The van der Waals surface area contributed by atoms with Gasteiger partial charge in [0, 0.05) is 50.9 Å². The molecule has 1 aliphatic carbocycles. The van der Waals surface area contributed by atoms with Crippen molar-refractivity contribution in [1.29, 1.82) is 0 Å². The van der Waals surface area contributed by atoms with Crippen LogP contribution in [0.5, 0.6) is 0 Å². The van der Waals surface area contributed by atoms with Crippen LogP contribution in [0.3, 0.4) is 0 Å². The zero-order valence-electron chi connectivity index (χ0n) is 29.9. The van der Waals surface area contributed by atoms with E-state index in [2.05, 4.69) is 152 Å². The Hall–Kier alpha value is -6.91. The minimum atomic E-state index is -0.130. The van der Waals surface area contributed by atoms with E-state index in [1.807, 2.05) is 36.4 Å². The van der Waals surface area contributed by atoms with Crippen molar-refractivity contribution in [2.75, 3.05) is 4.90 Å². The number of nitrogens with zero attached hydrogens (tertiary/aromatic N) is 2. The molecule has 0 amide bonds. The standard InChI is InChI=1S/C50H34N2O2/c1-50(2)43-18-9-8-17-39(43)40-23-21-37(27-44(40)50)52(36-16-10-15-34(26-36)35-20-19-31-11-6-7-14-33(31)25-35)38-22-24-41-42-29-48-45(30-47(42)53-46(41)28-38)51-49(54-48)32-12-4-3-5-13-32/h3-30H,1-2H3. The molecule has 0 N–H and O–H groups in total. The van der Waals surface area contributed by atoms with Gasteiger partial charge in [-0.25, -0.2) is 4.98 Å². The van der Waals surface area contributed by atoms with E-state index in [0.717, 1.165) is 61.2 Å². The molecule has 256 valence electrons. The van der Waals surface area contributed by atoms with Crippen molar-refractivity contribution >= 4 is 60.9 Å². The second-order valence-corrected chi connectivity index (χ2v) is 14.8. The van der Waals surface area contributed by atoms with Crippen molar-refractivity contribution in [3.63, 3.8) is 0 Å². The highest BCUT2D eigenvalue weighted by molar-refractivity contribution is 6.10. The van der Waals surface area contributed by atoms with Gasteiger partial charge in [0.05, 0.1) is 0 Å². The maximum Gasteiger partial charge on any atom is 0.227 e. The highest BCUT2D eigenvalue weighted by Gasteiger charge is 2.35. The van der Waals surface area contributed by atoms with E-state index in [-0.39, 0.29) is 5.41 Å². The lowest BCUT2D eigenvalue weighted by molar-refractivity contribution is 0.620. The van der Waals surface area contributed by atoms with E-state index < -0.39 is 0 Å². The SMILES string of the molecule is CC1(C)c2ccccc2-c2ccc(N(c3cccc(-c4ccc5ccccc5c4)c3)c3ccc4c(c3)oc3cc5nc(-c6ccccc6)oc5cc34)cc21. The van der Waals surface area contributed by atoms with Crippen LogP contribution in [0.1, 0.15) is 25.0 Å². The first kappa shape index (κ1) is 30.7. The molecular weight excluding hydrogens is 661 g/mol. The van der Waals surface area contributed by atoms with Gasteiger partial charge in [-0.1, -0.05) is 111 Å². The third-order valence-electron chi connectivity index (χ3n) is 11.3. The monoisotopic (exact) mass is 694 g/mol. The topological polar surface area (TPSA) is 42.4 Å². The van der Waals surface area contributed by atoms with Gasteiger partial charge < -0.3 is 13.7 Å². The molecule has 8 aromatic carbocycles. The number of furan rings is 1. The predicted molar refractivity (Wildman–Crippen MR) is 222 cm³/mol. The van der Waals surface area contributed by atoms with Crippen LogP contribution in [0.25, 0.3) is 77.5 Å². The predicted octanol–water partition coefficient (Wildman–Crippen LogP) is 14.0. The third-order valence-corrected chi connectivity index (χ3v) is 11.3. The molecule has 0 saturated heterocycles. The minimum absolute atomic E-state index is 0.130. The summed E-state index contributed by atoms with van der Waals surface area (Å²) < 4.78 is 12.9. The van der Waals surface area contributed by atoms with Gasteiger partial charge >= 0.3 is 0 Å². The van der Waals surface area contributed by atoms with Crippen molar-refractivity contribution < 1.29 is 8.83 Å². The van der Waals surface area contributed by atoms with Gasteiger partial charge in [-0.05, 0) is 105 Å². The molecular formula is C50H34N2O2. The number of aromatic nitrogens is 1. The summed E-state index contributed by atoms with van der Waals surface area (Å²) in [5.74, 6) is 0.604. The number of hydrogen-bond acceptors (Lipinski definition) is 4. The Balaban J connectivity index is 1.07. The number of hydrogen-bond donors (Lipinski definition) is 0. The molecule has 0 radical (unpaired) electrons. The fourth-order valence-electron chi connectivity index (χ4n) is 8.50. The van der Waals surface area contributed by atoms with Crippen LogP contribution in [-0.4, -0.2) is 4.98 Å². The summed E-state index contributed by atoms with van der Waals surface area (Å²) in [7, 11) is 0. The Morgan fingerprint density at radius 1 is 0.444 bits per heavy atom. The maximum absolute atomic E-state index is 6.61. The van der Waals surface area contributed by atoms with Crippen LogP contribution >= 0.6 is 0 Å². The third kappa shape index (κ3) is 4.73. The van der Waals surface area contributed by atoms with Crippen LogP contribution in [0.4, 0.5) is 17.1 Å². The first-order chi connectivity index (χ1) is 26.5. The molecule has 2 heterocycles. The van der Waals surface area contributed by atoms with Crippen molar-refractivity contribution in [1.82, 2.24) is 4.98 Å². The van der Waals surface area contributed by atoms with Gasteiger partial charge in [0.25, 0.3) is 0 Å². The maximum atomic E-state index is 6.61. The zero-order chi connectivity index (χ0) is 36.0. The van der Waals surface area contributed by atoms with Crippen molar-refractivity contribution in [2.45, 2.75) is 19.3 Å². The highest BCUT2D eigenvalue weighted by atomic mass is 16.4. The van der Waals surface area contributed by atoms with Crippen LogP contribution in [0, 0.1) is 0 Å². The van der Waals surface area contributed by atoms with Crippen molar-refractivity contribution in [2.24, 2.45) is 0 Å². The van der Waals surface area contributed by atoms with E-state index >= 15 is 0 Å². The van der Waals surface area contributed by atoms with Crippen molar-refractivity contribution in [3.8, 4) is 33.7 Å². The van der Waals surface area contributed by atoms with Gasteiger partial charge in [-0.15, -0.1) is 0 Å². The number of anilines is 3. The number of benzene rings is 8. The van der Waals surface area contributed by atoms with Crippen LogP contribution in [0.15, 0.2) is 179 Å². The number of oxazole rings is 1.